The van der Waals surface area contributed by atoms with E-state index in [9.17, 15) is 22.8 Å². The van der Waals surface area contributed by atoms with Crippen LogP contribution in [0.15, 0.2) is 53.4 Å². The van der Waals surface area contributed by atoms with Gasteiger partial charge in [0.15, 0.2) is 9.84 Å². The Labute approximate surface area is 150 Å². The number of imide groups is 1. The first-order chi connectivity index (χ1) is 12.3. The van der Waals surface area contributed by atoms with Crippen molar-refractivity contribution in [2.24, 2.45) is 0 Å². The molecule has 1 N–H and O–H groups in total. The van der Waals surface area contributed by atoms with E-state index in [0.29, 0.717) is 11.4 Å². The van der Waals surface area contributed by atoms with Crippen molar-refractivity contribution in [1.29, 1.82) is 0 Å². The van der Waals surface area contributed by atoms with Gasteiger partial charge in [-0.15, -0.1) is 0 Å². The van der Waals surface area contributed by atoms with Gasteiger partial charge < -0.3 is 5.32 Å². The Bertz CT molecular complexity index is 998. The van der Waals surface area contributed by atoms with Crippen LogP contribution in [0.1, 0.15) is 23.2 Å². The lowest BCUT2D eigenvalue weighted by Gasteiger charge is -2.15. The quantitative estimate of drug-likeness (QED) is 0.827. The summed E-state index contributed by atoms with van der Waals surface area (Å²) in [4.78, 5) is 37.3. The van der Waals surface area contributed by atoms with Gasteiger partial charge in [-0.05, 0) is 36.4 Å². The van der Waals surface area contributed by atoms with Gasteiger partial charge in [0.25, 0.3) is 5.91 Å². The number of nitrogens with one attached hydrogen (secondary N) is 1. The highest BCUT2D eigenvalue weighted by atomic mass is 32.2. The van der Waals surface area contributed by atoms with Crippen molar-refractivity contribution in [2.75, 3.05) is 16.5 Å². The molecule has 8 heteroatoms. The molecule has 0 unspecified atom stereocenters. The van der Waals surface area contributed by atoms with Gasteiger partial charge in [-0.25, -0.2) is 8.42 Å². The predicted octanol–water partition coefficient (Wildman–Crippen LogP) is 2.00. The van der Waals surface area contributed by atoms with Crippen molar-refractivity contribution < 1.29 is 22.8 Å². The summed E-state index contributed by atoms with van der Waals surface area (Å²) in [6.45, 7) is 0. The fraction of sp³-hybridized carbons (Fsp3) is 0.167. The number of hydrogen-bond acceptors (Lipinski definition) is 5. The van der Waals surface area contributed by atoms with Crippen LogP contribution in [0.4, 0.5) is 11.4 Å². The summed E-state index contributed by atoms with van der Waals surface area (Å²) in [5.41, 5.74) is 0.923. The minimum Gasteiger partial charge on any atom is -0.322 e. The Morgan fingerprint density at radius 2 is 1.65 bits per heavy atom. The molecule has 1 aliphatic rings. The van der Waals surface area contributed by atoms with Gasteiger partial charge in [-0.2, -0.15) is 0 Å². The summed E-state index contributed by atoms with van der Waals surface area (Å²) in [7, 11) is -3.39. The molecule has 134 valence electrons. The normalized spacial score (nSPS) is 14.6. The van der Waals surface area contributed by atoms with Crippen LogP contribution in [0.5, 0.6) is 0 Å². The van der Waals surface area contributed by atoms with E-state index in [1.165, 1.54) is 24.3 Å². The largest absolute Gasteiger partial charge is 0.322 e. The van der Waals surface area contributed by atoms with E-state index in [1.807, 2.05) is 0 Å². The van der Waals surface area contributed by atoms with Gasteiger partial charge in [0.2, 0.25) is 11.8 Å². The molecule has 7 nitrogen and oxygen atoms in total. The first-order valence-corrected chi connectivity index (χ1v) is 9.72. The first kappa shape index (κ1) is 17.8. The Kier molecular flexibility index (Phi) is 4.60. The lowest BCUT2D eigenvalue weighted by atomic mass is 10.1. The van der Waals surface area contributed by atoms with Crippen LogP contribution in [-0.4, -0.2) is 32.4 Å². The van der Waals surface area contributed by atoms with E-state index >= 15 is 0 Å². The summed E-state index contributed by atoms with van der Waals surface area (Å²) >= 11 is 0. The lowest BCUT2D eigenvalue weighted by Crippen LogP contribution is -2.28. The van der Waals surface area contributed by atoms with Crippen molar-refractivity contribution in [3.05, 3.63) is 54.1 Å². The second-order valence-electron chi connectivity index (χ2n) is 5.93. The minimum absolute atomic E-state index is 0.0947. The first-order valence-electron chi connectivity index (χ1n) is 7.83. The van der Waals surface area contributed by atoms with E-state index in [1.54, 1.807) is 24.3 Å². The lowest BCUT2D eigenvalue weighted by molar-refractivity contribution is -0.121. The highest BCUT2D eigenvalue weighted by Gasteiger charge is 2.30. The zero-order valence-electron chi connectivity index (χ0n) is 13.9. The third-order valence-corrected chi connectivity index (χ3v) is 5.05. The molecule has 0 radical (unpaired) electrons. The molecule has 1 fully saturated rings. The summed E-state index contributed by atoms with van der Waals surface area (Å²) in [6, 6.07) is 12.1. The Morgan fingerprint density at radius 1 is 1.00 bits per heavy atom. The summed E-state index contributed by atoms with van der Waals surface area (Å²) < 4.78 is 23.2. The van der Waals surface area contributed by atoms with Crippen LogP contribution < -0.4 is 10.2 Å². The van der Waals surface area contributed by atoms with E-state index in [4.69, 9.17) is 0 Å². The molecule has 0 atom stereocenters. The molecule has 26 heavy (non-hydrogen) atoms. The van der Waals surface area contributed by atoms with Crippen molar-refractivity contribution in [3.8, 4) is 0 Å². The summed E-state index contributed by atoms with van der Waals surface area (Å²) in [6.07, 6.45) is 1.41. The molecule has 0 aliphatic carbocycles. The number of benzene rings is 2. The number of hydrogen-bond donors (Lipinski definition) is 1. The SMILES string of the molecule is CS(=O)(=O)c1cccc(NC(=O)c2cccc(N3C(=O)CCC3=O)c2)c1. The second-order valence-corrected chi connectivity index (χ2v) is 7.94. The van der Waals surface area contributed by atoms with E-state index < -0.39 is 15.7 Å². The maximum absolute atomic E-state index is 12.5. The van der Waals surface area contributed by atoms with Crippen LogP contribution >= 0.6 is 0 Å². The third kappa shape index (κ3) is 3.65. The Morgan fingerprint density at radius 3 is 2.31 bits per heavy atom. The molecule has 0 saturated carbocycles. The number of carbonyl (C=O) groups is 3. The average Bonchev–Trinajstić information content (AvgIpc) is 2.93. The summed E-state index contributed by atoms with van der Waals surface area (Å²) in [5, 5.41) is 2.62. The van der Waals surface area contributed by atoms with Crippen molar-refractivity contribution >= 4 is 38.9 Å². The van der Waals surface area contributed by atoms with Crippen molar-refractivity contribution in [1.82, 2.24) is 0 Å². The molecule has 2 aromatic carbocycles. The topological polar surface area (TPSA) is 101 Å². The fourth-order valence-corrected chi connectivity index (χ4v) is 3.33. The molecular formula is C18H16N2O5S. The molecule has 1 aliphatic heterocycles. The summed E-state index contributed by atoms with van der Waals surface area (Å²) in [5.74, 6) is -1.07. The van der Waals surface area contributed by atoms with Crippen LogP contribution in [0.25, 0.3) is 0 Å². The highest BCUT2D eigenvalue weighted by Crippen LogP contribution is 2.24. The van der Waals surface area contributed by atoms with E-state index in [0.717, 1.165) is 11.2 Å². The van der Waals surface area contributed by atoms with Gasteiger partial charge in [-0.3, -0.25) is 19.3 Å². The zero-order chi connectivity index (χ0) is 18.9. The standard InChI is InChI=1S/C18H16N2O5S/c1-26(24,25)15-7-3-5-13(11-15)19-18(23)12-4-2-6-14(10-12)20-16(21)8-9-17(20)22/h2-7,10-11H,8-9H2,1H3,(H,19,23). The number of amides is 3. The second kappa shape index (κ2) is 6.72. The average molecular weight is 372 g/mol. The van der Waals surface area contributed by atoms with Crippen LogP contribution in [0.3, 0.4) is 0 Å². The predicted molar refractivity (Wildman–Crippen MR) is 95.7 cm³/mol. The number of nitrogens with zero attached hydrogens (tertiary/aromatic N) is 1. The number of carbonyl (C=O) groups excluding carboxylic acids is 3. The number of sulfone groups is 1. The maximum Gasteiger partial charge on any atom is 0.255 e. The molecule has 0 aromatic heterocycles. The molecule has 1 heterocycles. The van der Waals surface area contributed by atoms with E-state index in [-0.39, 0.29) is 35.1 Å². The molecule has 2 aromatic rings. The van der Waals surface area contributed by atoms with Crippen LogP contribution in [0, 0.1) is 0 Å². The Hall–Kier alpha value is -3.00. The van der Waals surface area contributed by atoms with Gasteiger partial charge in [-0.1, -0.05) is 12.1 Å². The van der Waals surface area contributed by atoms with Crippen molar-refractivity contribution in [3.63, 3.8) is 0 Å². The van der Waals surface area contributed by atoms with Crippen LogP contribution in [0.2, 0.25) is 0 Å². The molecular weight excluding hydrogens is 356 g/mol. The smallest absolute Gasteiger partial charge is 0.255 e. The molecule has 0 bridgehead atoms. The molecule has 3 amide bonds. The number of rotatable bonds is 4. The molecule has 3 rings (SSSR count). The number of anilines is 2. The van der Waals surface area contributed by atoms with Gasteiger partial charge >= 0.3 is 0 Å². The van der Waals surface area contributed by atoms with Crippen LogP contribution in [-0.2, 0) is 19.4 Å². The highest BCUT2D eigenvalue weighted by molar-refractivity contribution is 7.90. The maximum atomic E-state index is 12.5. The van der Waals surface area contributed by atoms with Gasteiger partial charge in [0.1, 0.15) is 0 Å². The van der Waals surface area contributed by atoms with Crippen molar-refractivity contribution in [2.45, 2.75) is 17.7 Å². The minimum atomic E-state index is -3.39. The molecule has 0 spiro atoms. The van der Waals surface area contributed by atoms with Gasteiger partial charge in [0.05, 0.1) is 10.6 Å². The Balaban J connectivity index is 1.84. The zero-order valence-corrected chi connectivity index (χ0v) is 14.7. The monoisotopic (exact) mass is 372 g/mol. The third-order valence-electron chi connectivity index (χ3n) is 3.94. The molecule has 1 saturated heterocycles. The van der Waals surface area contributed by atoms with E-state index in [2.05, 4.69) is 5.32 Å². The fourth-order valence-electron chi connectivity index (χ4n) is 2.66. The van der Waals surface area contributed by atoms with Gasteiger partial charge in [0, 0.05) is 30.3 Å².